The molecule has 0 spiro atoms. The Morgan fingerprint density at radius 1 is 1.28 bits per heavy atom. The average molecular weight is 342 g/mol. The molecule has 132 valence electrons. The maximum Gasteiger partial charge on any atom is 0.240 e. The van der Waals surface area contributed by atoms with Crippen molar-refractivity contribution in [1.82, 2.24) is 5.43 Å². The van der Waals surface area contributed by atoms with Gasteiger partial charge in [0.2, 0.25) is 5.91 Å². The van der Waals surface area contributed by atoms with Crippen molar-refractivity contribution in [2.45, 2.75) is 26.2 Å². The maximum atomic E-state index is 11.8. The predicted octanol–water partition coefficient (Wildman–Crippen LogP) is 2.89. The van der Waals surface area contributed by atoms with Gasteiger partial charge in [-0.05, 0) is 49.1 Å². The first kappa shape index (κ1) is 18.3. The lowest BCUT2D eigenvalue weighted by molar-refractivity contribution is -0.121. The van der Waals surface area contributed by atoms with Crippen LogP contribution in [0.1, 0.15) is 29.5 Å². The third-order valence-corrected chi connectivity index (χ3v) is 3.77. The van der Waals surface area contributed by atoms with Crippen molar-refractivity contribution in [3.8, 4) is 17.2 Å². The molecule has 25 heavy (non-hydrogen) atoms. The summed E-state index contributed by atoms with van der Waals surface area (Å²) >= 11 is 0. The second-order valence-electron chi connectivity index (χ2n) is 5.67. The second kappa shape index (κ2) is 8.73. The fourth-order valence-electron chi connectivity index (χ4n) is 2.36. The zero-order valence-corrected chi connectivity index (χ0v) is 14.3. The van der Waals surface area contributed by atoms with E-state index in [1.54, 1.807) is 24.3 Å². The SMILES string of the molecule is COc1cccc(/C=N\NC(=O)CCCc2ccc(O)c(C)c2)c1O. The number of hydrazone groups is 1. The van der Waals surface area contributed by atoms with Crippen LogP contribution in [-0.2, 0) is 11.2 Å². The Hall–Kier alpha value is -3.02. The number of phenols is 2. The molecular formula is C19H22N2O4. The lowest BCUT2D eigenvalue weighted by atomic mass is 10.1. The van der Waals surface area contributed by atoms with Gasteiger partial charge >= 0.3 is 0 Å². The number of para-hydroxylation sites is 1. The summed E-state index contributed by atoms with van der Waals surface area (Å²) in [5.74, 6) is 0.399. The van der Waals surface area contributed by atoms with Crippen LogP contribution >= 0.6 is 0 Å². The highest BCUT2D eigenvalue weighted by Crippen LogP contribution is 2.27. The number of phenolic OH excluding ortho intramolecular Hbond substituents is 2. The molecule has 1 amide bonds. The van der Waals surface area contributed by atoms with Gasteiger partial charge in [0.05, 0.1) is 13.3 Å². The minimum Gasteiger partial charge on any atom is -0.508 e. The fourth-order valence-corrected chi connectivity index (χ4v) is 2.36. The Morgan fingerprint density at radius 2 is 2.08 bits per heavy atom. The quantitative estimate of drug-likeness (QED) is 0.533. The summed E-state index contributed by atoms with van der Waals surface area (Å²) in [5, 5.41) is 23.3. The Balaban J connectivity index is 1.79. The summed E-state index contributed by atoms with van der Waals surface area (Å²) in [6.07, 6.45) is 3.13. The molecule has 0 saturated heterocycles. The van der Waals surface area contributed by atoms with E-state index in [2.05, 4.69) is 10.5 Å². The molecule has 0 aliphatic rings. The van der Waals surface area contributed by atoms with E-state index in [0.717, 1.165) is 17.5 Å². The van der Waals surface area contributed by atoms with Crippen LogP contribution in [0.3, 0.4) is 0 Å². The van der Waals surface area contributed by atoms with Crippen LogP contribution in [-0.4, -0.2) is 29.4 Å². The van der Waals surface area contributed by atoms with Crippen molar-refractivity contribution < 1.29 is 19.7 Å². The molecule has 2 rings (SSSR count). The topological polar surface area (TPSA) is 91.2 Å². The molecule has 0 aliphatic carbocycles. The fraction of sp³-hybridized carbons (Fsp3) is 0.263. The summed E-state index contributed by atoms with van der Waals surface area (Å²) in [7, 11) is 1.47. The zero-order valence-electron chi connectivity index (χ0n) is 14.3. The van der Waals surface area contributed by atoms with Crippen molar-refractivity contribution in [1.29, 1.82) is 0 Å². The molecule has 0 radical (unpaired) electrons. The highest BCUT2D eigenvalue weighted by Gasteiger charge is 2.05. The molecule has 2 aromatic rings. The number of carbonyl (C=O) groups excluding carboxylic acids is 1. The summed E-state index contributed by atoms with van der Waals surface area (Å²) < 4.78 is 5.01. The molecule has 2 aromatic carbocycles. The predicted molar refractivity (Wildman–Crippen MR) is 96.2 cm³/mol. The third-order valence-electron chi connectivity index (χ3n) is 3.77. The number of aromatic hydroxyl groups is 2. The van der Waals surface area contributed by atoms with Crippen molar-refractivity contribution >= 4 is 12.1 Å². The molecule has 0 aromatic heterocycles. The number of aryl methyl sites for hydroxylation is 2. The van der Waals surface area contributed by atoms with Crippen LogP contribution in [0.15, 0.2) is 41.5 Å². The van der Waals surface area contributed by atoms with Gasteiger partial charge in [0.1, 0.15) is 5.75 Å². The van der Waals surface area contributed by atoms with Crippen molar-refractivity contribution in [3.05, 3.63) is 53.1 Å². The van der Waals surface area contributed by atoms with Crippen LogP contribution < -0.4 is 10.2 Å². The molecule has 0 atom stereocenters. The molecule has 0 heterocycles. The van der Waals surface area contributed by atoms with Crippen molar-refractivity contribution in [3.63, 3.8) is 0 Å². The van der Waals surface area contributed by atoms with Gasteiger partial charge in [0.15, 0.2) is 11.5 Å². The van der Waals surface area contributed by atoms with E-state index in [1.165, 1.54) is 13.3 Å². The minimum absolute atomic E-state index is 0.0225. The molecule has 0 aliphatic heterocycles. The number of carbonyl (C=O) groups is 1. The smallest absolute Gasteiger partial charge is 0.240 e. The van der Waals surface area contributed by atoms with Crippen molar-refractivity contribution in [2.75, 3.05) is 7.11 Å². The number of ether oxygens (including phenoxy) is 1. The highest BCUT2D eigenvalue weighted by molar-refractivity contribution is 5.86. The molecule has 6 nitrogen and oxygen atoms in total. The Bertz CT molecular complexity index is 772. The average Bonchev–Trinajstić information content (AvgIpc) is 2.59. The number of nitrogens with one attached hydrogen (secondary N) is 1. The van der Waals surface area contributed by atoms with E-state index in [4.69, 9.17) is 4.74 Å². The van der Waals surface area contributed by atoms with E-state index in [-0.39, 0.29) is 17.4 Å². The molecule has 3 N–H and O–H groups in total. The monoisotopic (exact) mass is 342 g/mol. The Labute approximate surface area is 146 Å². The number of amides is 1. The first-order chi connectivity index (χ1) is 12.0. The van der Waals surface area contributed by atoms with E-state index in [0.29, 0.717) is 24.2 Å². The molecule has 0 unspecified atom stereocenters. The lowest BCUT2D eigenvalue weighted by Gasteiger charge is -2.05. The van der Waals surface area contributed by atoms with E-state index < -0.39 is 0 Å². The van der Waals surface area contributed by atoms with Gasteiger partial charge in [-0.2, -0.15) is 5.10 Å². The van der Waals surface area contributed by atoms with Crippen molar-refractivity contribution in [2.24, 2.45) is 5.10 Å². The van der Waals surface area contributed by atoms with Gasteiger partial charge in [0.25, 0.3) is 0 Å². The van der Waals surface area contributed by atoms with Gasteiger partial charge < -0.3 is 14.9 Å². The first-order valence-electron chi connectivity index (χ1n) is 7.97. The lowest BCUT2D eigenvalue weighted by Crippen LogP contribution is -2.17. The second-order valence-corrected chi connectivity index (χ2v) is 5.67. The summed E-state index contributed by atoms with van der Waals surface area (Å²) in [6, 6.07) is 10.5. The van der Waals surface area contributed by atoms with Gasteiger partial charge in [-0.3, -0.25) is 4.79 Å². The maximum absolute atomic E-state index is 11.8. The van der Waals surface area contributed by atoms with Gasteiger partial charge in [-0.15, -0.1) is 0 Å². The third kappa shape index (κ3) is 5.24. The van der Waals surface area contributed by atoms with Gasteiger partial charge in [-0.25, -0.2) is 5.43 Å². The standard InChI is InChI=1S/C19H22N2O4/c1-13-11-14(9-10-16(13)22)5-3-8-18(23)21-20-12-15-6-4-7-17(25-2)19(15)24/h4,6-7,9-12,22,24H,3,5,8H2,1-2H3,(H,21,23)/b20-12-. The summed E-state index contributed by atoms with van der Waals surface area (Å²) in [4.78, 5) is 11.8. The first-order valence-corrected chi connectivity index (χ1v) is 7.97. The molecule has 0 fully saturated rings. The number of methoxy groups -OCH3 is 1. The Kier molecular flexibility index (Phi) is 6.39. The molecular weight excluding hydrogens is 320 g/mol. The van der Waals surface area contributed by atoms with Gasteiger partial charge in [-0.1, -0.05) is 18.2 Å². The Morgan fingerprint density at radius 3 is 2.80 bits per heavy atom. The number of rotatable bonds is 7. The number of hydrogen-bond donors (Lipinski definition) is 3. The molecule has 0 saturated carbocycles. The van der Waals surface area contributed by atoms with E-state index in [9.17, 15) is 15.0 Å². The molecule has 6 heteroatoms. The van der Waals surface area contributed by atoms with E-state index in [1.807, 2.05) is 19.1 Å². The van der Waals surface area contributed by atoms with Crippen LogP contribution in [0.2, 0.25) is 0 Å². The highest BCUT2D eigenvalue weighted by atomic mass is 16.5. The van der Waals surface area contributed by atoms with Gasteiger partial charge in [0, 0.05) is 12.0 Å². The number of nitrogens with zero attached hydrogens (tertiary/aromatic N) is 1. The normalized spacial score (nSPS) is 10.8. The van der Waals surface area contributed by atoms with E-state index >= 15 is 0 Å². The van der Waals surface area contributed by atoms with Crippen LogP contribution in [0.4, 0.5) is 0 Å². The number of benzene rings is 2. The van der Waals surface area contributed by atoms with Crippen LogP contribution in [0.5, 0.6) is 17.2 Å². The minimum atomic E-state index is -0.200. The molecule has 0 bridgehead atoms. The largest absolute Gasteiger partial charge is 0.508 e. The number of hydrogen-bond acceptors (Lipinski definition) is 5. The summed E-state index contributed by atoms with van der Waals surface area (Å²) in [5.41, 5.74) is 4.80. The van der Waals surface area contributed by atoms with Crippen LogP contribution in [0.25, 0.3) is 0 Å². The summed E-state index contributed by atoms with van der Waals surface area (Å²) in [6.45, 7) is 1.84. The zero-order chi connectivity index (χ0) is 18.2. The van der Waals surface area contributed by atoms with Crippen LogP contribution in [0, 0.1) is 6.92 Å².